The van der Waals surface area contributed by atoms with Crippen molar-refractivity contribution in [3.63, 3.8) is 0 Å². The van der Waals surface area contributed by atoms with Gasteiger partial charge in [0.05, 0.1) is 10.5 Å². The zero-order valence-electron chi connectivity index (χ0n) is 11.7. The van der Waals surface area contributed by atoms with E-state index in [1.807, 2.05) is 0 Å². The average molecular weight is 383 g/mol. The van der Waals surface area contributed by atoms with Crippen molar-refractivity contribution in [3.8, 4) is 0 Å². The molecule has 0 radical (unpaired) electrons. The smallest absolute Gasteiger partial charge is 0.280 e. The highest BCUT2D eigenvalue weighted by atomic mass is 32.2. The van der Waals surface area contributed by atoms with E-state index >= 15 is 0 Å². The van der Waals surface area contributed by atoms with Gasteiger partial charge in [-0.1, -0.05) is 17.8 Å². The molecule has 130 valence electrons. The van der Waals surface area contributed by atoms with Crippen molar-refractivity contribution in [1.29, 1.82) is 0 Å². The maximum absolute atomic E-state index is 12.7. The molecule has 0 saturated carbocycles. The third kappa shape index (κ3) is 4.84. The summed E-state index contributed by atoms with van der Waals surface area (Å²) in [6.45, 7) is 0. The van der Waals surface area contributed by atoms with E-state index in [1.54, 1.807) is 0 Å². The monoisotopic (exact) mass is 383 g/mol. The van der Waals surface area contributed by atoms with Crippen LogP contribution in [0.3, 0.4) is 0 Å². The molecular weight excluding hydrogens is 373 g/mol. The van der Waals surface area contributed by atoms with Gasteiger partial charge in [0.25, 0.3) is 15.8 Å². The number of sulfonamides is 1. The van der Waals surface area contributed by atoms with Gasteiger partial charge >= 0.3 is 6.18 Å². The molecule has 0 atom stereocenters. The Hall–Kier alpha value is -1.81. The van der Waals surface area contributed by atoms with Crippen LogP contribution in [0, 0.1) is 0 Å². The Kier molecular flexibility index (Phi) is 5.38. The Morgan fingerprint density at radius 2 is 1.62 bits per heavy atom. The van der Waals surface area contributed by atoms with E-state index in [2.05, 4.69) is 4.72 Å². The Balaban J connectivity index is 2.22. The van der Waals surface area contributed by atoms with Crippen LogP contribution in [0.1, 0.15) is 5.56 Å². The number of nitrogens with one attached hydrogen (secondary N) is 1. The number of thioether (sulfide) groups is 1. The SMILES string of the molecule is O=S(=O)(Nc1ccc(SC(F)F)cc1)c1cccc(C(F)(F)F)c1. The molecule has 0 heterocycles. The molecule has 0 spiro atoms. The van der Waals surface area contributed by atoms with Crippen molar-refractivity contribution in [2.24, 2.45) is 0 Å². The molecule has 0 aromatic heterocycles. The van der Waals surface area contributed by atoms with Crippen LogP contribution in [0.4, 0.5) is 27.6 Å². The van der Waals surface area contributed by atoms with Crippen LogP contribution >= 0.6 is 11.8 Å². The van der Waals surface area contributed by atoms with Gasteiger partial charge in [-0.15, -0.1) is 0 Å². The molecule has 0 aliphatic rings. The first-order valence-electron chi connectivity index (χ1n) is 6.33. The topological polar surface area (TPSA) is 46.2 Å². The van der Waals surface area contributed by atoms with Gasteiger partial charge in [-0.3, -0.25) is 4.72 Å². The van der Waals surface area contributed by atoms with E-state index in [0.29, 0.717) is 17.8 Å². The van der Waals surface area contributed by atoms with E-state index < -0.39 is 32.4 Å². The lowest BCUT2D eigenvalue weighted by atomic mass is 10.2. The first-order valence-corrected chi connectivity index (χ1v) is 8.69. The number of hydrogen-bond donors (Lipinski definition) is 1. The highest BCUT2D eigenvalue weighted by Gasteiger charge is 2.31. The van der Waals surface area contributed by atoms with Gasteiger partial charge in [-0.05, 0) is 42.5 Å². The molecule has 1 N–H and O–H groups in total. The summed E-state index contributed by atoms with van der Waals surface area (Å²) in [6, 6.07) is 8.34. The molecule has 0 aliphatic carbocycles. The quantitative estimate of drug-likeness (QED) is 0.595. The Labute approximate surface area is 138 Å². The Morgan fingerprint density at radius 1 is 1.00 bits per heavy atom. The summed E-state index contributed by atoms with van der Waals surface area (Å²) in [5, 5.41) is 0. The second kappa shape index (κ2) is 6.98. The van der Waals surface area contributed by atoms with Gasteiger partial charge < -0.3 is 0 Å². The summed E-state index contributed by atoms with van der Waals surface area (Å²) >= 11 is 0.291. The van der Waals surface area contributed by atoms with E-state index in [4.69, 9.17) is 0 Å². The van der Waals surface area contributed by atoms with Crippen molar-refractivity contribution in [2.75, 3.05) is 4.72 Å². The molecule has 24 heavy (non-hydrogen) atoms. The molecule has 0 bridgehead atoms. The molecule has 2 rings (SSSR count). The summed E-state index contributed by atoms with van der Waals surface area (Å²) in [6.07, 6.45) is -4.67. The van der Waals surface area contributed by atoms with Crippen LogP contribution < -0.4 is 4.72 Å². The van der Waals surface area contributed by atoms with Gasteiger partial charge in [0, 0.05) is 10.6 Å². The van der Waals surface area contributed by atoms with Gasteiger partial charge in [0.1, 0.15) is 0 Å². The molecule has 0 amide bonds. The van der Waals surface area contributed by atoms with E-state index in [1.165, 1.54) is 24.3 Å². The first-order chi connectivity index (χ1) is 11.1. The highest BCUT2D eigenvalue weighted by molar-refractivity contribution is 7.99. The predicted octanol–water partition coefficient (Wildman–Crippen LogP) is 4.82. The van der Waals surface area contributed by atoms with Gasteiger partial charge in [0.2, 0.25) is 0 Å². The standard InChI is InChI=1S/C14H10F5NO2S2/c15-13(16)23-11-6-4-10(5-7-11)20-24(21,22)12-3-1-2-9(8-12)14(17,18)19/h1-8,13,20H. The molecule has 0 unspecified atom stereocenters. The van der Waals surface area contributed by atoms with E-state index in [0.717, 1.165) is 18.2 Å². The number of anilines is 1. The zero-order chi connectivity index (χ0) is 18.0. The summed E-state index contributed by atoms with van der Waals surface area (Å²) in [5.74, 6) is -2.61. The number of hydrogen-bond acceptors (Lipinski definition) is 3. The molecule has 0 saturated heterocycles. The molecular formula is C14H10F5NO2S2. The molecule has 2 aromatic carbocycles. The number of halogens is 5. The van der Waals surface area contributed by atoms with Gasteiger partial charge in [-0.2, -0.15) is 22.0 Å². The van der Waals surface area contributed by atoms with Crippen molar-refractivity contribution in [2.45, 2.75) is 21.7 Å². The third-order valence-corrected chi connectivity index (χ3v) is 4.90. The largest absolute Gasteiger partial charge is 0.416 e. The van der Waals surface area contributed by atoms with Crippen molar-refractivity contribution in [3.05, 3.63) is 54.1 Å². The molecule has 0 fully saturated rings. The number of rotatable bonds is 5. The second-order valence-corrected chi connectivity index (χ2v) is 7.28. The van der Waals surface area contributed by atoms with Crippen LogP contribution in [-0.2, 0) is 16.2 Å². The molecule has 3 nitrogen and oxygen atoms in total. The summed E-state index contributed by atoms with van der Waals surface area (Å²) in [5.41, 5.74) is -1.04. The zero-order valence-corrected chi connectivity index (χ0v) is 13.4. The lowest BCUT2D eigenvalue weighted by molar-refractivity contribution is -0.137. The number of alkyl halides is 5. The van der Waals surface area contributed by atoms with Crippen molar-refractivity contribution >= 4 is 27.5 Å². The fourth-order valence-corrected chi connectivity index (χ4v) is 3.36. The summed E-state index contributed by atoms with van der Waals surface area (Å²) < 4.78 is 88.8. The van der Waals surface area contributed by atoms with Crippen LogP contribution in [-0.4, -0.2) is 14.2 Å². The Bertz CT molecular complexity index is 805. The van der Waals surface area contributed by atoms with Crippen LogP contribution in [0.15, 0.2) is 58.3 Å². The minimum Gasteiger partial charge on any atom is -0.280 e. The highest BCUT2D eigenvalue weighted by Crippen LogP contribution is 2.31. The molecule has 10 heteroatoms. The minimum absolute atomic E-state index is 0.0472. The fraction of sp³-hybridized carbons (Fsp3) is 0.143. The predicted molar refractivity (Wildman–Crippen MR) is 80.6 cm³/mol. The maximum Gasteiger partial charge on any atom is 0.416 e. The van der Waals surface area contributed by atoms with Crippen molar-refractivity contribution < 1.29 is 30.4 Å². The second-order valence-electron chi connectivity index (χ2n) is 4.53. The molecule has 0 aliphatic heterocycles. The summed E-state index contributed by atoms with van der Waals surface area (Å²) in [7, 11) is -4.24. The third-order valence-electron chi connectivity index (χ3n) is 2.80. The fourth-order valence-electron chi connectivity index (χ4n) is 1.76. The molecule has 2 aromatic rings. The van der Waals surface area contributed by atoms with E-state index in [-0.39, 0.29) is 10.6 Å². The first kappa shape index (κ1) is 18.5. The van der Waals surface area contributed by atoms with Crippen molar-refractivity contribution in [1.82, 2.24) is 0 Å². The normalized spacial score (nSPS) is 12.4. The number of benzene rings is 2. The lowest BCUT2D eigenvalue weighted by Gasteiger charge is -2.11. The van der Waals surface area contributed by atoms with Gasteiger partial charge in [-0.25, -0.2) is 8.42 Å². The van der Waals surface area contributed by atoms with Crippen LogP contribution in [0.25, 0.3) is 0 Å². The Morgan fingerprint density at radius 3 is 2.17 bits per heavy atom. The minimum atomic E-state index is -4.67. The van der Waals surface area contributed by atoms with E-state index in [9.17, 15) is 30.4 Å². The van der Waals surface area contributed by atoms with Gasteiger partial charge in [0.15, 0.2) is 0 Å². The van der Waals surface area contributed by atoms with Crippen LogP contribution in [0.2, 0.25) is 0 Å². The average Bonchev–Trinajstić information content (AvgIpc) is 2.48. The van der Waals surface area contributed by atoms with Crippen LogP contribution in [0.5, 0.6) is 0 Å². The maximum atomic E-state index is 12.7. The summed E-state index contributed by atoms with van der Waals surface area (Å²) in [4.78, 5) is -0.324. The lowest BCUT2D eigenvalue weighted by Crippen LogP contribution is -2.14.